The molecule has 0 radical (unpaired) electrons. The minimum Gasteiger partial charge on any atom is -0.496 e. The van der Waals surface area contributed by atoms with E-state index in [9.17, 15) is 8.42 Å². The summed E-state index contributed by atoms with van der Waals surface area (Å²) in [5, 5.41) is 3.07. The molecular weight excluding hydrogens is 312 g/mol. The molecule has 1 aliphatic rings. The molecule has 1 N–H and O–H groups in total. The fourth-order valence-corrected chi connectivity index (χ4v) is 4.49. The van der Waals surface area contributed by atoms with E-state index in [0.717, 1.165) is 18.4 Å². The summed E-state index contributed by atoms with van der Waals surface area (Å²) in [6.07, 6.45) is 1.83. The SMILES string of the molecule is CNCC1CCCN1S(=O)(=O)c1ccc(OC)c(C)c1.Cl. The molecule has 0 saturated carbocycles. The molecule has 1 aromatic rings. The third kappa shape index (κ3) is 3.69. The molecule has 1 saturated heterocycles. The summed E-state index contributed by atoms with van der Waals surface area (Å²) >= 11 is 0. The van der Waals surface area contributed by atoms with Crippen molar-refractivity contribution in [3.63, 3.8) is 0 Å². The summed E-state index contributed by atoms with van der Waals surface area (Å²) in [4.78, 5) is 0.346. The smallest absolute Gasteiger partial charge is 0.243 e. The first-order chi connectivity index (χ1) is 9.50. The number of likely N-dealkylation sites (N-methyl/N-ethyl adjacent to an activating group) is 1. The molecule has 0 spiro atoms. The monoisotopic (exact) mass is 334 g/mol. The van der Waals surface area contributed by atoms with Crippen LogP contribution in [0.4, 0.5) is 0 Å². The van der Waals surface area contributed by atoms with Crippen molar-refractivity contribution in [2.24, 2.45) is 0 Å². The highest BCUT2D eigenvalue weighted by molar-refractivity contribution is 7.89. The molecule has 0 bridgehead atoms. The third-order valence-corrected chi connectivity index (χ3v) is 5.68. The molecular formula is C14H23ClN2O3S. The van der Waals surface area contributed by atoms with Crippen molar-refractivity contribution in [2.45, 2.75) is 30.7 Å². The number of benzene rings is 1. The number of methoxy groups -OCH3 is 1. The zero-order chi connectivity index (χ0) is 14.8. The van der Waals surface area contributed by atoms with Crippen molar-refractivity contribution in [3.05, 3.63) is 23.8 Å². The predicted octanol–water partition coefficient (Wildman–Crippen LogP) is 1.80. The molecule has 0 aromatic heterocycles. The van der Waals surface area contributed by atoms with E-state index in [-0.39, 0.29) is 18.4 Å². The molecule has 1 aliphatic heterocycles. The number of ether oxygens (including phenoxy) is 1. The Morgan fingerprint density at radius 1 is 1.43 bits per heavy atom. The van der Waals surface area contributed by atoms with Crippen LogP contribution in [0.15, 0.2) is 23.1 Å². The lowest BCUT2D eigenvalue weighted by Gasteiger charge is -2.24. The van der Waals surface area contributed by atoms with Gasteiger partial charge < -0.3 is 10.1 Å². The zero-order valence-electron chi connectivity index (χ0n) is 12.6. The van der Waals surface area contributed by atoms with Gasteiger partial charge in [-0.15, -0.1) is 12.4 Å². The van der Waals surface area contributed by atoms with Crippen LogP contribution in [0.5, 0.6) is 5.75 Å². The molecule has 1 fully saturated rings. The lowest BCUT2D eigenvalue weighted by Crippen LogP contribution is -2.40. The first-order valence-electron chi connectivity index (χ1n) is 6.81. The van der Waals surface area contributed by atoms with Crippen LogP contribution in [0.25, 0.3) is 0 Å². The second-order valence-corrected chi connectivity index (χ2v) is 6.99. The largest absolute Gasteiger partial charge is 0.496 e. The average molecular weight is 335 g/mol. The van der Waals surface area contributed by atoms with E-state index in [1.165, 1.54) is 0 Å². The summed E-state index contributed by atoms with van der Waals surface area (Å²) in [6, 6.07) is 5.07. The summed E-state index contributed by atoms with van der Waals surface area (Å²) in [5.74, 6) is 0.706. The second-order valence-electron chi connectivity index (χ2n) is 5.10. The lowest BCUT2D eigenvalue weighted by atomic mass is 10.2. The molecule has 1 heterocycles. The molecule has 21 heavy (non-hydrogen) atoms. The lowest BCUT2D eigenvalue weighted by molar-refractivity contribution is 0.379. The maximum absolute atomic E-state index is 12.7. The molecule has 1 atom stereocenters. The van der Waals surface area contributed by atoms with Crippen molar-refractivity contribution in [2.75, 3.05) is 27.2 Å². The maximum Gasteiger partial charge on any atom is 0.243 e. The summed E-state index contributed by atoms with van der Waals surface area (Å²) in [6.45, 7) is 3.14. The van der Waals surface area contributed by atoms with Gasteiger partial charge in [0, 0.05) is 19.1 Å². The summed E-state index contributed by atoms with van der Waals surface area (Å²) in [7, 11) is 0.0114. The van der Waals surface area contributed by atoms with Gasteiger partial charge in [-0.2, -0.15) is 4.31 Å². The fraction of sp³-hybridized carbons (Fsp3) is 0.571. The molecule has 1 unspecified atom stereocenters. The Labute approximate surface area is 133 Å². The van der Waals surface area contributed by atoms with Crippen molar-refractivity contribution >= 4 is 22.4 Å². The first-order valence-corrected chi connectivity index (χ1v) is 8.25. The van der Waals surface area contributed by atoms with E-state index >= 15 is 0 Å². The van der Waals surface area contributed by atoms with E-state index in [1.54, 1.807) is 29.6 Å². The van der Waals surface area contributed by atoms with Crippen molar-refractivity contribution in [3.8, 4) is 5.75 Å². The van der Waals surface area contributed by atoms with Gasteiger partial charge in [0.1, 0.15) is 5.75 Å². The zero-order valence-corrected chi connectivity index (χ0v) is 14.3. The normalized spacial score (nSPS) is 19.3. The summed E-state index contributed by atoms with van der Waals surface area (Å²) in [5.41, 5.74) is 0.831. The molecule has 0 amide bonds. The van der Waals surface area contributed by atoms with Crippen LogP contribution in [0, 0.1) is 6.92 Å². The average Bonchev–Trinajstić information content (AvgIpc) is 2.88. The van der Waals surface area contributed by atoms with E-state index in [1.807, 2.05) is 14.0 Å². The first kappa shape index (κ1) is 18.2. The van der Waals surface area contributed by atoms with Gasteiger partial charge in [0.25, 0.3) is 0 Å². The van der Waals surface area contributed by atoms with E-state index in [0.29, 0.717) is 23.7 Å². The van der Waals surface area contributed by atoms with E-state index in [2.05, 4.69) is 5.32 Å². The van der Waals surface area contributed by atoms with Gasteiger partial charge in [-0.25, -0.2) is 8.42 Å². The molecule has 5 nitrogen and oxygen atoms in total. The quantitative estimate of drug-likeness (QED) is 0.892. The van der Waals surface area contributed by atoms with Crippen LogP contribution >= 0.6 is 12.4 Å². The van der Waals surface area contributed by atoms with Gasteiger partial charge in [0.05, 0.1) is 12.0 Å². The third-order valence-electron chi connectivity index (χ3n) is 3.74. The van der Waals surface area contributed by atoms with Gasteiger partial charge in [0.2, 0.25) is 10.0 Å². The number of rotatable bonds is 5. The van der Waals surface area contributed by atoms with Gasteiger partial charge >= 0.3 is 0 Å². The van der Waals surface area contributed by atoms with Crippen LogP contribution in [0.2, 0.25) is 0 Å². The number of hydrogen-bond acceptors (Lipinski definition) is 4. The number of nitrogens with zero attached hydrogens (tertiary/aromatic N) is 1. The van der Waals surface area contributed by atoms with Gasteiger partial charge in [0.15, 0.2) is 0 Å². The van der Waals surface area contributed by atoms with Crippen molar-refractivity contribution in [1.29, 1.82) is 0 Å². The van der Waals surface area contributed by atoms with E-state index in [4.69, 9.17) is 4.74 Å². The highest BCUT2D eigenvalue weighted by Gasteiger charge is 2.34. The molecule has 2 rings (SSSR count). The van der Waals surface area contributed by atoms with Crippen molar-refractivity contribution < 1.29 is 13.2 Å². The minimum atomic E-state index is -3.42. The number of halogens is 1. The van der Waals surface area contributed by atoms with Crippen LogP contribution in [0.1, 0.15) is 18.4 Å². The minimum absolute atomic E-state index is 0. The van der Waals surface area contributed by atoms with Crippen LogP contribution < -0.4 is 10.1 Å². The van der Waals surface area contributed by atoms with Gasteiger partial charge in [-0.05, 0) is 50.6 Å². The second kappa shape index (κ2) is 7.45. The number of aryl methyl sites for hydroxylation is 1. The standard InChI is InChI=1S/C14H22N2O3S.ClH/c1-11-9-13(6-7-14(11)19-3)20(17,18)16-8-4-5-12(16)10-15-2;/h6-7,9,12,15H,4-5,8,10H2,1-3H3;1H. The Kier molecular flexibility index (Phi) is 6.46. The number of nitrogens with one attached hydrogen (secondary N) is 1. The topological polar surface area (TPSA) is 58.6 Å². The molecule has 1 aromatic carbocycles. The van der Waals surface area contributed by atoms with Gasteiger partial charge in [-0.3, -0.25) is 0 Å². The number of sulfonamides is 1. The maximum atomic E-state index is 12.7. The summed E-state index contributed by atoms with van der Waals surface area (Å²) < 4.78 is 32.3. The molecule has 0 aliphatic carbocycles. The van der Waals surface area contributed by atoms with Crippen LogP contribution in [-0.2, 0) is 10.0 Å². The molecule has 120 valence electrons. The van der Waals surface area contributed by atoms with Crippen molar-refractivity contribution in [1.82, 2.24) is 9.62 Å². The Morgan fingerprint density at radius 3 is 2.71 bits per heavy atom. The number of hydrogen-bond donors (Lipinski definition) is 1. The fourth-order valence-electron chi connectivity index (χ4n) is 2.71. The van der Waals surface area contributed by atoms with E-state index < -0.39 is 10.0 Å². The highest BCUT2D eigenvalue weighted by atomic mass is 35.5. The Morgan fingerprint density at radius 2 is 2.14 bits per heavy atom. The van der Waals surface area contributed by atoms with Gasteiger partial charge in [-0.1, -0.05) is 0 Å². The Bertz CT molecular complexity index is 578. The highest BCUT2D eigenvalue weighted by Crippen LogP contribution is 2.28. The van der Waals surface area contributed by atoms with Crippen LogP contribution in [0.3, 0.4) is 0 Å². The Balaban J connectivity index is 0.00000220. The molecule has 7 heteroatoms. The predicted molar refractivity (Wildman–Crippen MR) is 85.8 cm³/mol. The van der Waals surface area contributed by atoms with Crippen LogP contribution in [-0.4, -0.2) is 46.0 Å². The Hall–Kier alpha value is -0.820.